The van der Waals surface area contributed by atoms with Gasteiger partial charge >= 0.3 is 12.0 Å². The molecule has 0 bridgehead atoms. The highest BCUT2D eigenvalue weighted by molar-refractivity contribution is 5.75. The molecule has 2 aliphatic rings. The lowest BCUT2D eigenvalue weighted by Gasteiger charge is -2.29. The molecule has 0 unspecified atom stereocenters. The molecule has 114 valence electrons. The summed E-state index contributed by atoms with van der Waals surface area (Å²) in [5, 5.41) is 11.9. The third kappa shape index (κ3) is 4.39. The van der Waals surface area contributed by atoms with Crippen LogP contribution in [0.5, 0.6) is 0 Å². The third-order valence-corrected chi connectivity index (χ3v) is 4.22. The molecule has 2 fully saturated rings. The van der Waals surface area contributed by atoms with Crippen LogP contribution < -0.4 is 5.32 Å². The molecular weight excluding hydrogens is 256 g/mol. The molecule has 0 heterocycles. The molecule has 2 amide bonds. The van der Waals surface area contributed by atoms with Crippen LogP contribution in [0.15, 0.2) is 0 Å². The normalized spacial score (nSPS) is 18.4. The summed E-state index contributed by atoms with van der Waals surface area (Å²) in [6.45, 7) is 4.46. The number of carbonyl (C=O) groups excluding carboxylic acids is 1. The number of carboxylic acids is 1. The Labute approximate surface area is 120 Å². The quantitative estimate of drug-likeness (QED) is 0.718. The van der Waals surface area contributed by atoms with Gasteiger partial charge in [-0.1, -0.05) is 0 Å². The van der Waals surface area contributed by atoms with Gasteiger partial charge in [0.05, 0.1) is 0 Å². The predicted molar refractivity (Wildman–Crippen MR) is 76.5 cm³/mol. The van der Waals surface area contributed by atoms with Crippen LogP contribution in [0.2, 0.25) is 0 Å². The number of aliphatic carboxylic acids is 1. The van der Waals surface area contributed by atoms with Crippen molar-refractivity contribution in [2.75, 3.05) is 6.54 Å². The highest BCUT2D eigenvalue weighted by atomic mass is 16.4. The van der Waals surface area contributed by atoms with Gasteiger partial charge in [-0.15, -0.1) is 0 Å². The molecule has 0 aliphatic heterocycles. The van der Waals surface area contributed by atoms with Gasteiger partial charge in [0.15, 0.2) is 0 Å². The van der Waals surface area contributed by atoms with Crippen molar-refractivity contribution in [1.82, 2.24) is 10.2 Å². The SMILES string of the molecule is CC(C)N(CCCC(=O)O)C(=O)NC(C1CC1)C1CC1. The molecule has 2 N–H and O–H groups in total. The van der Waals surface area contributed by atoms with E-state index in [0.29, 0.717) is 30.8 Å². The fraction of sp³-hybridized carbons (Fsp3) is 0.867. The zero-order valence-corrected chi connectivity index (χ0v) is 12.5. The number of nitrogens with one attached hydrogen (secondary N) is 1. The molecule has 2 rings (SSSR count). The highest BCUT2D eigenvalue weighted by Gasteiger charge is 2.42. The van der Waals surface area contributed by atoms with E-state index in [4.69, 9.17) is 5.11 Å². The van der Waals surface area contributed by atoms with E-state index in [9.17, 15) is 9.59 Å². The van der Waals surface area contributed by atoms with Crippen LogP contribution in [0.4, 0.5) is 4.79 Å². The largest absolute Gasteiger partial charge is 0.481 e. The molecule has 0 aromatic rings. The summed E-state index contributed by atoms with van der Waals surface area (Å²) < 4.78 is 0. The van der Waals surface area contributed by atoms with Crippen molar-refractivity contribution in [2.24, 2.45) is 11.8 Å². The zero-order valence-electron chi connectivity index (χ0n) is 12.5. The summed E-state index contributed by atoms with van der Waals surface area (Å²) in [4.78, 5) is 24.7. The summed E-state index contributed by atoms with van der Waals surface area (Å²) in [6, 6.07) is 0.431. The number of hydrogen-bond donors (Lipinski definition) is 2. The summed E-state index contributed by atoms with van der Waals surface area (Å²) in [5.74, 6) is 0.557. The van der Waals surface area contributed by atoms with Gasteiger partial charge in [-0.2, -0.15) is 0 Å². The third-order valence-electron chi connectivity index (χ3n) is 4.22. The lowest BCUT2D eigenvalue weighted by atomic mass is 10.1. The first kappa shape index (κ1) is 15.1. The van der Waals surface area contributed by atoms with Crippen molar-refractivity contribution < 1.29 is 14.7 Å². The minimum absolute atomic E-state index is 0.0193. The number of urea groups is 1. The highest BCUT2D eigenvalue weighted by Crippen LogP contribution is 2.44. The van der Waals surface area contributed by atoms with E-state index in [1.54, 1.807) is 4.90 Å². The molecule has 20 heavy (non-hydrogen) atoms. The topological polar surface area (TPSA) is 69.6 Å². The molecule has 2 saturated carbocycles. The Balaban J connectivity index is 1.83. The summed E-state index contributed by atoms with van der Waals surface area (Å²) in [6.07, 6.45) is 5.58. The van der Waals surface area contributed by atoms with Crippen molar-refractivity contribution in [2.45, 2.75) is 64.5 Å². The number of hydrogen-bond acceptors (Lipinski definition) is 2. The van der Waals surface area contributed by atoms with E-state index in [2.05, 4.69) is 5.32 Å². The number of carboxylic acid groups (broad SMARTS) is 1. The average Bonchev–Trinajstić information content (AvgIpc) is 3.24. The van der Waals surface area contributed by atoms with E-state index in [0.717, 1.165) is 0 Å². The minimum Gasteiger partial charge on any atom is -0.481 e. The Bertz CT molecular complexity index is 350. The van der Waals surface area contributed by atoms with Crippen LogP contribution >= 0.6 is 0 Å². The first-order valence-corrected chi connectivity index (χ1v) is 7.78. The summed E-state index contributed by atoms with van der Waals surface area (Å²) >= 11 is 0. The van der Waals surface area contributed by atoms with Crippen molar-refractivity contribution in [1.29, 1.82) is 0 Å². The standard InChI is InChI=1S/C15H26N2O3/c1-10(2)17(9-3-4-13(18)19)15(20)16-14(11-5-6-11)12-7-8-12/h10-12,14H,3-9H2,1-2H3,(H,16,20)(H,18,19). The van der Waals surface area contributed by atoms with Gasteiger partial charge in [0.1, 0.15) is 0 Å². The Hall–Kier alpha value is -1.26. The van der Waals surface area contributed by atoms with Gasteiger partial charge in [0.25, 0.3) is 0 Å². The molecule has 5 heteroatoms. The Morgan fingerprint density at radius 2 is 1.75 bits per heavy atom. The molecule has 5 nitrogen and oxygen atoms in total. The lowest BCUT2D eigenvalue weighted by Crippen LogP contribution is -2.49. The van der Waals surface area contributed by atoms with Gasteiger partial charge in [0, 0.05) is 25.0 Å². The molecule has 0 saturated heterocycles. The van der Waals surface area contributed by atoms with Crippen molar-refractivity contribution in [3.05, 3.63) is 0 Å². The monoisotopic (exact) mass is 282 g/mol. The molecule has 0 atom stereocenters. The number of carbonyl (C=O) groups is 2. The van der Waals surface area contributed by atoms with Gasteiger partial charge in [-0.05, 0) is 57.8 Å². The van der Waals surface area contributed by atoms with Crippen LogP contribution in [-0.4, -0.2) is 40.6 Å². The average molecular weight is 282 g/mol. The van der Waals surface area contributed by atoms with Crippen LogP contribution in [0.1, 0.15) is 52.4 Å². The van der Waals surface area contributed by atoms with E-state index in [-0.39, 0.29) is 18.5 Å². The maximum atomic E-state index is 12.4. The van der Waals surface area contributed by atoms with Crippen LogP contribution in [0.25, 0.3) is 0 Å². The number of rotatable bonds is 8. The van der Waals surface area contributed by atoms with E-state index in [1.165, 1.54) is 25.7 Å². The first-order chi connectivity index (χ1) is 9.49. The van der Waals surface area contributed by atoms with Crippen LogP contribution in [0, 0.1) is 11.8 Å². The molecule has 0 aromatic carbocycles. The van der Waals surface area contributed by atoms with Crippen LogP contribution in [0.3, 0.4) is 0 Å². The van der Waals surface area contributed by atoms with E-state index < -0.39 is 5.97 Å². The molecule has 2 aliphatic carbocycles. The van der Waals surface area contributed by atoms with Crippen LogP contribution in [-0.2, 0) is 4.79 Å². The van der Waals surface area contributed by atoms with E-state index in [1.807, 2.05) is 13.8 Å². The molecule has 0 aromatic heterocycles. The first-order valence-electron chi connectivity index (χ1n) is 7.78. The second kappa shape index (κ2) is 6.46. The Morgan fingerprint density at radius 1 is 1.20 bits per heavy atom. The van der Waals surface area contributed by atoms with Gasteiger partial charge in [-0.25, -0.2) is 4.79 Å². The molecular formula is C15H26N2O3. The number of nitrogens with zero attached hydrogens (tertiary/aromatic N) is 1. The Morgan fingerprint density at radius 3 is 2.15 bits per heavy atom. The molecule has 0 radical (unpaired) electrons. The predicted octanol–water partition coefficient (Wildman–Crippen LogP) is 2.46. The molecule has 0 spiro atoms. The zero-order chi connectivity index (χ0) is 14.7. The Kier molecular flexibility index (Phi) is 4.89. The van der Waals surface area contributed by atoms with Gasteiger partial charge in [-0.3, -0.25) is 4.79 Å². The fourth-order valence-electron chi connectivity index (χ4n) is 2.75. The minimum atomic E-state index is -0.803. The van der Waals surface area contributed by atoms with Crippen molar-refractivity contribution >= 4 is 12.0 Å². The maximum absolute atomic E-state index is 12.4. The summed E-state index contributed by atoms with van der Waals surface area (Å²) in [5.41, 5.74) is 0. The van der Waals surface area contributed by atoms with Crippen molar-refractivity contribution in [3.8, 4) is 0 Å². The second-order valence-electron chi connectivity index (χ2n) is 6.43. The van der Waals surface area contributed by atoms with E-state index >= 15 is 0 Å². The van der Waals surface area contributed by atoms with Crippen molar-refractivity contribution in [3.63, 3.8) is 0 Å². The summed E-state index contributed by atoms with van der Waals surface area (Å²) in [7, 11) is 0. The fourth-order valence-corrected chi connectivity index (χ4v) is 2.75. The van der Waals surface area contributed by atoms with Gasteiger partial charge in [0.2, 0.25) is 0 Å². The number of amides is 2. The second-order valence-corrected chi connectivity index (χ2v) is 6.43. The van der Waals surface area contributed by atoms with Gasteiger partial charge < -0.3 is 15.3 Å². The lowest BCUT2D eigenvalue weighted by molar-refractivity contribution is -0.137. The smallest absolute Gasteiger partial charge is 0.317 e. The maximum Gasteiger partial charge on any atom is 0.317 e.